The predicted molar refractivity (Wildman–Crippen MR) is 69.5 cm³/mol. The van der Waals surface area contributed by atoms with Crippen molar-refractivity contribution < 1.29 is 13.2 Å². The van der Waals surface area contributed by atoms with Crippen molar-refractivity contribution in [3.63, 3.8) is 0 Å². The van der Waals surface area contributed by atoms with Crippen LogP contribution in [0.1, 0.15) is 26.2 Å². The molecule has 0 heterocycles. The second-order valence-corrected chi connectivity index (χ2v) is 6.56. The van der Waals surface area contributed by atoms with Crippen LogP contribution in [0.15, 0.2) is 23.1 Å². The first-order valence-corrected chi connectivity index (χ1v) is 8.01. The Hall–Kier alpha value is -0.450. The summed E-state index contributed by atoms with van der Waals surface area (Å²) in [6, 6.07) is 4.19. The standard InChI is InChI=1S/C11H14Cl2O3S/c1-2-3-4-7-16-11-6-5-9(8-10(11)12)17(13,14)15/h5-6,8H,2-4,7H2,1H3. The molecular weight excluding hydrogens is 283 g/mol. The summed E-state index contributed by atoms with van der Waals surface area (Å²) in [7, 11) is 1.46. The first-order chi connectivity index (χ1) is 7.95. The van der Waals surface area contributed by atoms with Crippen molar-refractivity contribution in [1.29, 1.82) is 0 Å². The van der Waals surface area contributed by atoms with E-state index in [9.17, 15) is 8.42 Å². The molecule has 96 valence electrons. The third-order valence-corrected chi connectivity index (χ3v) is 3.84. The summed E-state index contributed by atoms with van der Waals surface area (Å²) in [6.45, 7) is 2.67. The molecule has 1 aromatic carbocycles. The van der Waals surface area contributed by atoms with Crippen LogP contribution in [-0.2, 0) is 9.05 Å². The number of hydrogen-bond donors (Lipinski definition) is 0. The average molecular weight is 297 g/mol. The Morgan fingerprint density at radius 2 is 2.00 bits per heavy atom. The van der Waals surface area contributed by atoms with Crippen molar-refractivity contribution in [1.82, 2.24) is 0 Å². The van der Waals surface area contributed by atoms with Crippen molar-refractivity contribution in [2.45, 2.75) is 31.1 Å². The second-order valence-electron chi connectivity index (χ2n) is 3.59. The highest BCUT2D eigenvalue weighted by Gasteiger charge is 2.12. The van der Waals surface area contributed by atoms with E-state index in [1.165, 1.54) is 18.2 Å². The molecule has 6 heteroatoms. The summed E-state index contributed by atoms with van der Waals surface area (Å²) in [4.78, 5) is -0.0231. The lowest BCUT2D eigenvalue weighted by Gasteiger charge is -2.08. The molecule has 0 saturated carbocycles. The zero-order valence-electron chi connectivity index (χ0n) is 9.45. The van der Waals surface area contributed by atoms with E-state index in [-0.39, 0.29) is 9.92 Å². The molecule has 0 amide bonds. The molecule has 0 bridgehead atoms. The van der Waals surface area contributed by atoms with E-state index in [4.69, 9.17) is 27.0 Å². The van der Waals surface area contributed by atoms with Gasteiger partial charge < -0.3 is 4.74 Å². The third-order valence-electron chi connectivity index (χ3n) is 2.19. The van der Waals surface area contributed by atoms with Gasteiger partial charge in [0.05, 0.1) is 16.5 Å². The fourth-order valence-electron chi connectivity index (χ4n) is 1.28. The first kappa shape index (κ1) is 14.6. The highest BCUT2D eigenvalue weighted by molar-refractivity contribution is 8.13. The lowest BCUT2D eigenvalue weighted by molar-refractivity contribution is 0.306. The monoisotopic (exact) mass is 296 g/mol. The second kappa shape index (κ2) is 6.47. The summed E-state index contributed by atoms with van der Waals surface area (Å²) < 4.78 is 27.6. The Bertz CT molecular complexity index is 472. The topological polar surface area (TPSA) is 43.4 Å². The molecule has 3 nitrogen and oxygen atoms in total. The first-order valence-electron chi connectivity index (χ1n) is 5.32. The van der Waals surface area contributed by atoms with Crippen molar-refractivity contribution in [2.75, 3.05) is 6.61 Å². The van der Waals surface area contributed by atoms with Crippen LogP contribution in [-0.4, -0.2) is 15.0 Å². The quantitative estimate of drug-likeness (QED) is 0.592. The van der Waals surface area contributed by atoms with Crippen molar-refractivity contribution in [3.8, 4) is 5.75 Å². The molecule has 0 spiro atoms. The van der Waals surface area contributed by atoms with Crippen LogP contribution in [0.5, 0.6) is 5.75 Å². The van der Waals surface area contributed by atoms with Crippen molar-refractivity contribution in [2.24, 2.45) is 0 Å². The van der Waals surface area contributed by atoms with Gasteiger partial charge in [-0.05, 0) is 24.6 Å². The molecule has 0 unspecified atom stereocenters. The Morgan fingerprint density at radius 3 is 2.53 bits per heavy atom. The number of unbranched alkanes of at least 4 members (excludes halogenated alkanes) is 2. The smallest absolute Gasteiger partial charge is 0.261 e. The van der Waals surface area contributed by atoms with Crippen LogP contribution in [0.3, 0.4) is 0 Å². The van der Waals surface area contributed by atoms with Gasteiger partial charge in [0.2, 0.25) is 0 Å². The van der Waals surface area contributed by atoms with Gasteiger partial charge in [0, 0.05) is 10.7 Å². The van der Waals surface area contributed by atoms with Gasteiger partial charge in [-0.1, -0.05) is 31.4 Å². The van der Waals surface area contributed by atoms with Gasteiger partial charge >= 0.3 is 0 Å². The molecule has 0 aliphatic rings. The lowest BCUT2D eigenvalue weighted by Crippen LogP contribution is -1.98. The number of rotatable bonds is 6. The van der Waals surface area contributed by atoms with Crippen molar-refractivity contribution in [3.05, 3.63) is 23.2 Å². The predicted octanol–water partition coefficient (Wildman–Crippen LogP) is 3.84. The van der Waals surface area contributed by atoms with Gasteiger partial charge in [-0.15, -0.1) is 0 Å². The summed E-state index contributed by atoms with van der Waals surface area (Å²) in [5, 5.41) is 0.253. The maximum atomic E-state index is 11.1. The van der Waals surface area contributed by atoms with Crippen LogP contribution in [0, 0.1) is 0 Å². The van der Waals surface area contributed by atoms with E-state index >= 15 is 0 Å². The normalized spacial score (nSPS) is 11.5. The lowest BCUT2D eigenvalue weighted by atomic mass is 10.3. The molecular formula is C11H14Cl2O3S. The third kappa shape index (κ3) is 4.74. The van der Waals surface area contributed by atoms with Gasteiger partial charge in [0.25, 0.3) is 9.05 Å². The minimum Gasteiger partial charge on any atom is -0.492 e. The van der Waals surface area contributed by atoms with E-state index < -0.39 is 9.05 Å². The molecule has 0 aliphatic heterocycles. The molecule has 0 aromatic heterocycles. The van der Waals surface area contributed by atoms with Crippen molar-refractivity contribution >= 4 is 31.3 Å². The van der Waals surface area contributed by atoms with E-state index in [1.807, 2.05) is 0 Å². The Kier molecular flexibility index (Phi) is 5.56. The van der Waals surface area contributed by atoms with Gasteiger partial charge in [0.15, 0.2) is 0 Å². The highest BCUT2D eigenvalue weighted by atomic mass is 35.7. The molecule has 0 radical (unpaired) electrons. The zero-order chi connectivity index (χ0) is 12.9. The van der Waals surface area contributed by atoms with Crippen LogP contribution < -0.4 is 4.74 Å². The number of ether oxygens (including phenoxy) is 1. The number of halogens is 2. The van der Waals surface area contributed by atoms with E-state index in [0.29, 0.717) is 12.4 Å². The summed E-state index contributed by atoms with van der Waals surface area (Å²) in [5.74, 6) is 0.479. The Balaban J connectivity index is 2.70. The maximum absolute atomic E-state index is 11.1. The minimum atomic E-state index is -3.74. The van der Waals surface area contributed by atoms with Crippen LogP contribution in [0.4, 0.5) is 0 Å². The van der Waals surface area contributed by atoms with Gasteiger partial charge in [-0.2, -0.15) is 0 Å². The fraction of sp³-hybridized carbons (Fsp3) is 0.455. The van der Waals surface area contributed by atoms with Crippen LogP contribution in [0.2, 0.25) is 5.02 Å². The SMILES string of the molecule is CCCCCOc1ccc(S(=O)(=O)Cl)cc1Cl. The van der Waals surface area contributed by atoms with Gasteiger partial charge in [0.1, 0.15) is 5.75 Å². The van der Waals surface area contributed by atoms with Crippen LogP contribution in [0.25, 0.3) is 0 Å². The highest BCUT2D eigenvalue weighted by Crippen LogP contribution is 2.28. The summed E-state index contributed by atoms with van der Waals surface area (Å²) in [6.07, 6.45) is 3.15. The summed E-state index contributed by atoms with van der Waals surface area (Å²) in [5.41, 5.74) is 0. The van der Waals surface area contributed by atoms with E-state index in [0.717, 1.165) is 19.3 Å². The van der Waals surface area contributed by atoms with Crippen LogP contribution >= 0.6 is 22.3 Å². The molecule has 0 saturated heterocycles. The minimum absolute atomic E-state index is 0.0231. The molecule has 17 heavy (non-hydrogen) atoms. The van der Waals surface area contributed by atoms with Gasteiger partial charge in [-0.25, -0.2) is 8.42 Å². The largest absolute Gasteiger partial charge is 0.492 e. The molecule has 0 atom stereocenters. The molecule has 1 rings (SSSR count). The molecule has 0 fully saturated rings. The average Bonchev–Trinajstić information content (AvgIpc) is 2.24. The number of benzene rings is 1. The molecule has 0 N–H and O–H groups in total. The van der Waals surface area contributed by atoms with Gasteiger partial charge in [-0.3, -0.25) is 0 Å². The Labute approximate surface area is 111 Å². The maximum Gasteiger partial charge on any atom is 0.261 e. The fourth-order valence-corrected chi connectivity index (χ4v) is 2.36. The summed E-state index contributed by atoms with van der Waals surface area (Å²) >= 11 is 5.90. The zero-order valence-corrected chi connectivity index (χ0v) is 11.8. The molecule has 1 aromatic rings. The van der Waals surface area contributed by atoms with E-state index in [1.54, 1.807) is 0 Å². The molecule has 0 aliphatic carbocycles. The number of hydrogen-bond acceptors (Lipinski definition) is 3. The van der Waals surface area contributed by atoms with E-state index in [2.05, 4.69) is 6.92 Å². The Morgan fingerprint density at radius 1 is 1.29 bits per heavy atom.